The van der Waals surface area contributed by atoms with E-state index in [0.717, 1.165) is 18.7 Å². The number of aryl methyl sites for hydroxylation is 1. The lowest BCUT2D eigenvalue weighted by Gasteiger charge is -1.98. The van der Waals surface area contributed by atoms with Gasteiger partial charge in [-0.25, -0.2) is 0 Å². The summed E-state index contributed by atoms with van der Waals surface area (Å²) in [5.41, 5.74) is 1.08. The zero-order chi connectivity index (χ0) is 7.56. The van der Waals surface area contributed by atoms with Gasteiger partial charge in [0.1, 0.15) is 0 Å². The van der Waals surface area contributed by atoms with Crippen molar-refractivity contribution in [1.29, 1.82) is 0 Å². The van der Waals surface area contributed by atoms with Gasteiger partial charge in [0.15, 0.2) is 0 Å². The molecular formula is C7H11NOS. The van der Waals surface area contributed by atoms with E-state index in [0.29, 0.717) is 0 Å². The molecule has 0 aliphatic carbocycles. The van der Waals surface area contributed by atoms with Crippen LogP contribution in [0.4, 0.5) is 0 Å². The van der Waals surface area contributed by atoms with Crippen molar-refractivity contribution >= 4 is 11.3 Å². The van der Waals surface area contributed by atoms with Crippen molar-refractivity contribution in [1.82, 2.24) is 4.57 Å². The van der Waals surface area contributed by atoms with Gasteiger partial charge in [-0.1, -0.05) is 18.3 Å². The van der Waals surface area contributed by atoms with Gasteiger partial charge in [0.05, 0.1) is 0 Å². The largest absolute Gasteiger partial charge is 0.307 e. The molecular weight excluding hydrogens is 146 g/mol. The average Bonchev–Trinajstić information content (AvgIpc) is 2.20. The van der Waals surface area contributed by atoms with E-state index in [-0.39, 0.29) is 4.87 Å². The smallest absolute Gasteiger partial charge is 0.303 e. The number of aromatic nitrogens is 1. The first-order valence-corrected chi connectivity index (χ1v) is 4.28. The van der Waals surface area contributed by atoms with Crippen molar-refractivity contribution < 1.29 is 0 Å². The van der Waals surface area contributed by atoms with E-state index in [9.17, 15) is 4.79 Å². The normalized spacial score (nSPS) is 10.2. The highest BCUT2D eigenvalue weighted by Gasteiger charge is 1.98. The maximum absolute atomic E-state index is 11.0. The zero-order valence-corrected chi connectivity index (χ0v) is 7.07. The third kappa shape index (κ3) is 1.29. The summed E-state index contributed by atoms with van der Waals surface area (Å²) < 4.78 is 1.81. The highest BCUT2D eigenvalue weighted by Crippen LogP contribution is 1.99. The molecule has 1 heterocycles. The zero-order valence-electron chi connectivity index (χ0n) is 6.26. The van der Waals surface area contributed by atoms with Crippen LogP contribution in [-0.4, -0.2) is 4.57 Å². The highest BCUT2D eigenvalue weighted by molar-refractivity contribution is 7.07. The lowest BCUT2D eigenvalue weighted by atomic mass is 10.4. The Morgan fingerprint density at radius 1 is 1.70 bits per heavy atom. The molecule has 10 heavy (non-hydrogen) atoms. The van der Waals surface area contributed by atoms with Crippen LogP contribution in [0.3, 0.4) is 0 Å². The molecule has 0 aliphatic rings. The third-order valence-electron chi connectivity index (χ3n) is 1.42. The maximum atomic E-state index is 11.0. The molecule has 0 N–H and O–H groups in total. The maximum Gasteiger partial charge on any atom is 0.307 e. The molecule has 3 heteroatoms. The van der Waals surface area contributed by atoms with E-state index in [1.54, 1.807) is 0 Å². The van der Waals surface area contributed by atoms with Crippen LogP contribution in [0.1, 0.15) is 19.0 Å². The van der Waals surface area contributed by atoms with Crippen LogP contribution in [0.2, 0.25) is 0 Å². The fourth-order valence-corrected chi connectivity index (χ4v) is 1.66. The summed E-state index contributed by atoms with van der Waals surface area (Å²) in [6, 6.07) is 0. The van der Waals surface area contributed by atoms with E-state index in [2.05, 4.69) is 6.92 Å². The Bertz CT molecular complexity index is 261. The summed E-state index contributed by atoms with van der Waals surface area (Å²) in [4.78, 5) is 11.2. The predicted octanol–water partition coefficient (Wildman–Crippen LogP) is 1.63. The second-order valence-corrected chi connectivity index (χ2v) is 3.12. The van der Waals surface area contributed by atoms with Gasteiger partial charge in [-0.15, -0.1) is 0 Å². The van der Waals surface area contributed by atoms with Gasteiger partial charge in [0.25, 0.3) is 0 Å². The molecule has 2 nitrogen and oxygen atoms in total. The molecule has 0 aliphatic heterocycles. The molecule has 0 saturated carbocycles. The quantitative estimate of drug-likeness (QED) is 0.639. The topological polar surface area (TPSA) is 22.0 Å². The molecule has 0 spiro atoms. The fourth-order valence-electron chi connectivity index (χ4n) is 0.898. The van der Waals surface area contributed by atoms with Crippen molar-refractivity contribution in [2.45, 2.75) is 26.8 Å². The van der Waals surface area contributed by atoms with E-state index in [1.165, 1.54) is 11.3 Å². The third-order valence-corrected chi connectivity index (χ3v) is 2.30. The lowest BCUT2D eigenvalue weighted by molar-refractivity contribution is 0.651. The molecule has 0 unspecified atom stereocenters. The monoisotopic (exact) mass is 157 g/mol. The number of nitrogens with zero attached hydrogens (tertiary/aromatic N) is 1. The Morgan fingerprint density at radius 2 is 2.40 bits per heavy atom. The Labute approximate surface area is 64.1 Å². The van der Waals surface area contributed by atoms with Crippen LogP contribution in [-0.2, 0) is 6.54 Å². The second-order valence-electron chi connectivity index (χ2n) is 2.29. The summed E-state index contributed by atoms with van der Waals surface area (Å²) in [6.07, 6.45) is 1.03. The van der Waals surface area contributed by atoms with E-state index >= 15 is 0 Å². The molecule has 0 radical (unpaired) electrons. The van der Waals surface area contributed by atoms with Crippen LogP contribution in [0.5, 0.6) is 0 Å². The molecule has 56 valence electrons. The van der Waals surface area contributed by atoms with Gasteiger partial charge in [-0.2, -0.15) is 0 Å². The van der Waals surface area contributed by atoms with E-state index in [1.807, 2.05) is 16.9 Å². The molecule has 1 aromatic heterocycles. The Kier molecular flexibility index (Phi) is 2.27. The first kappa shape index (κ1) is 7.54. The van der Waals surface area contributed by atoms with Crippen LogP contribution in [0, 0.1) is 6.92 Å². The number of thiazole rings is 1. The molecule has 0 atom stereocenters. The van der Waals surface area contributed by atoms with Crippen molar-refractivity contribution in [3.05, 3.63) is 20.7 Å². The first-order valence-electron chi connectivity index (χ1n) is 3.40. The highest BCUT2D eigenvalue weighted by atomic mass is 32.1. The minimum Gasteiger partial charge on any atom is -0.303 e. The van der Waals surface area contributed by atoms with Crippen LogP contribution in [0.15, 0.2) is 10.2 Å². The minimum atomic E-state index is 0.166. The van der Waals surface area contributed by atoms with Gasteiger partial charge in [0, 0.05) is 17.6 Å². The minimum absolute atomic E-state index is 0.166. The predicted molar refractivity (Wildman–Crippen MR) is 43.6 cm³/mol. The number of hydrogen-bond acceptors (Lipinski definition) is 2. The van der Waals surface area contributed by atoms with Crippen molar-refractivity contribution in [2.75, 3.05) is 0 Å². The van der Waals surface area contributed by atoms with Gasteiger partial charge < -0.3 is 4.57 Å². The van der Waals surface area contributed by atoms with Gasteiger partial charge in [-0.05, 0) is 13.3 Å². The number of hydrogen-bond donors (Lipinski definition) is 0. The van der Waals surface area contributed by atoms with Gasteiger partial charge in [-0.3, -0.25) is 4.79 Å². The summed E-state index contributed by atoms with van der Waals surface area (Å²) in [5, 5.41) is 1.90. The van der Waals surface area contributed by atoms with E-state index in [4.69, 9.17) is 0 Å². The summed E-state index contributed by atoms with van der Waals surface area (Å²) in [7, 11) is 0. The molecule has 0 saturated heterocycles. The van der Waals surface area contributed by atoms with Crippen molar-refractivity contribution in [3.8, 4) is 0 Å². The summed E-state index contributed by atoms with van der Waals surface area (Å²) >= 11 is 1.28. The first-order chi connectivity index (χ1) is 4.75. The fraction of sp³-hybridized carbons (Fsp3) is 0.571. The Balaban J connectivity index is 2.99. The molecule has 0 aromatic carbocycles. The molecule has 1 aromatic rings. The molecule has 0 bridgehead atoms. The SMILES string of the molecule is CCCn1c(C)csc1=O. The van der Waals surface area contributed by atoms with Crippen LogP contribution < -0.4 is 4.87 Å². The summed E-state index contributed by atoms with van der Waals surface area (Å²) in [5.74, 6) is 0. The van der Waals surface area contributed by atoms with E-state index < -0.39 is 0 Å². The Morgan fingerprint density at radius 3 is 2.80 bits per heavy atom. The standard InChI is InChI=1S/C7H11NOS/c1-3-4-8-6(2)5-10-7(8)9/h5H,3-4H2,1-2H3. The molecule has 0 fully saturated rings. The number of rotatable bonds is 2. The van der Waals surface area contributed by atoms with Crippen molar-refractivity contribution in [2.24, 2.45) is 0 Å². The lowest BCUT2D eigenvalue weighted by Crippen LogP contribution is -2.13. The van der Waals surface area contributed by atoms with Crippen molar-refractivity contribution in [3.63, 3.8) is 0 Å². The second kappa shape index (κ2) is 3.01. The Hall–Kier alpha value is -0.570. The average molecular weight is 157 g/mol. The molecule has 1 rings (SSSR count). The summed E-state index contributed by atoms with van der Waals surface area (Å²) in [6.45, 7) is 4.89. The van der Waals surface area contributed by atoms with Crippen LogP contribution >= 0.6 is 11.3 Å². The van der Waals surface area contributed by atoms with Crippen LogP contribution in [0.25, 0.3) is 0 Å². The van der Waals surface area contributed by atoms with Gasteiger partial charge >= 0.3 is 4.87 Å². The van der Waals surface area contributed by atoms with Gasteiger partial charge in [0.2, 0.25) is 0 Å². The molecule has 0 amide bonds.